The van der Waals surface area contributed by atoms with Crippen LogP contribution in [0.1, 0.15) is 29.5 Å². The van der Waals surface area contributed by atoms with Crippen molar-refractivity contribution in [3.05, 3.63) is 71.3 Å². The molecule has 0 N–H and O–H groups in total. The van der Waals surface area contributed by atoms with Crippen LogP contribution in [0.25, 0.3) is 0 Å². The van der Waals surface area contributed by atoms with Crippen LogP contribution in [-0.2, 0) is 23.2 Å². The number of carbonyl (C=O) groups is 1. The van der Waals surface area contributed by atoms with Crippen molar-refractivity contribution in [3.63, 3.8) is 0 Å². The molecule has 1 saturated heterocycles. The average molecular weight is 277 g/mol. The maximum atomic E-state index is 12.8. The van der Waals surface area contributed by atoms with Crippen LogP contribution in [0.2, 0.25) is 0 Å². The van der Waals surface area contributed by atoms with Gasteiger partial charge in [0.1, 0.15) is 0 Å². The molecule has 2 aromatic rings. The van der Waals surface area contributed by atoms with Crippen molar-refractivity contribution < 1.29 is 4.79 Å². The van der Waals surface area contributed by atoms with Gasteiger partial charge in [0.05, 0.1) is 5.41 Å². The first-order chi connectivity index (χ1) is 10.3. The summed E-state index contributed by atoms with van der Waals surface area (Å²) < 4.78 is 0. The van der Waals surface area contributed by atoms with Crippen molar-refractivity contribution in [1.29, 1.82) is 0 Å². The Bertz CT molecular complexity index is 679. The minimum Gasteiger partial charge on any atom is -0.336 e. The number of rotatable bonds is 2. The van der Waals surface area contributed by atoms with E-state index in [0.29, 0.717) is 5.91 Å². The topological polar surface area (TPSA) is 20.3 Å². The van der Waals surface area contributed by atoms with Crippen LogP contribution in [0, 0.1) is 0 Å². The molecule has 0 saturated carbocycles. The number of hydrogen-bond donors (Lipinski definition) is 0. The zero-order valence-corrected chi connectivity index (χ0v) is 12.1. The molecule has 0 aromatic heterocycles. The molecule has 2 nitrogen and oxygen atoms in total. The maximum Gasteiger partial charge on any atom is 0.235 e. The van der Waals surface area contributed by atoms with E-state index in [1.54, 1.807) is 0 Å². The van der Waals surface area contributed by atoms with E-state index in [9.17, 15) is 4.79 Å². The predicted molar refractivity (Wildman–Crippen MR) is 82.9 cm³/mol. The highest BCUT2D eigenvalue weighted by Crippen LogP contribution is 2.45. The van der Waals surface area contributed by atoms with Gasteiger partial charge in [-0.05, 0) is 36.0 Å². The van der Waals surface area contributed by atoms with Gasteiger partial charge in [-0.2, -0.15) is 0 Å². The van der Waals surface area contributed by atoms with Crippen LogP contribution < -0.4 is 0 Å². The maximum absolute atomic E-state index is 12.8. The number of β-lactam (4-membered cyclic amide) rings is 1. The normalized spacial score (nSPS) is 23.8. The summed E-state index contributed by atoms with van der Waals surface area (Å²) in [6.07, 6.45) is 3.25. The van der Waals surface area contributed by atoms with E-state index in [-0.39, 0.29) is 5.41 Å². The highest BCUT2D eigenvalue weighted by Gasteiger charge is 2.54. The molecule has 1 aliphatic carbocycles. The Labute approximate surface area is 125 Å². The molecule has 2 aromatic carbocycles. The Balaban J connectivity index is 1.59. The van der Waals surface area contributed by atoms with Crippen molar-refractivity contribution in [2.75, 3.05) is 6.54 Å². The fraction of sp³-hybridized carbons (Fsp3) is 0.316. The fourth-order valence-electron chi connectivity index (χ4n) is 3.91. The number of carbonyl (C=O) groups excluding carboxylic acids is 1. The molecular weight excluding hydrogens is 258 g/mol. The predicted octanol–water partition coefficient (Wildman–Crippen LogP) is 3.30. The van der Waals surface area contributed by atoms with Crippen LogP contribution in [0.4, 0.5) is 0 Å². The molecule has 1 spiro atoms. The summed E-state index contributed by atoms with van der Waals surface area (Å²) in [5.74, 6) is 0.318. The van der Waals surface area contributed by atoms with Crippen LogP contribution in [-0.4, -0.2) is 17.4 Å². The fourth-order valence-corrected chi connectivity index (χ4v) is 3.91. The first-order valence-electron chi connectivity index (χ1n) is 7.71. The zero-order valence-electron chi connectivity index (χ0n) is 12.1. The van der Waals surface area contributed by atoms with Gasteiger partial charge in [0.25, 0.3) is 0 Å². The number of likely N-dealkylation sites (tertiary alicyclic amines) is 1. The van der Waals surface area contributed by atoms with Gasteiger partial charge in [0, 0.05) is 13.1 Å². The standard InChI is InChI=1S/C19H19NO/c21-18-19(12-6-10-16-9-4-5-11-17(16)19)14-20(18)13-15-7-2-1-3-8-15/h1-5,7-9,11H,6,10,12-14H2. The third-order valence-corrected chi connectivity index (χ3v) is 4.96. The first kappa shape index (κ1) is 12.6. The van der Waals surface area contributed by atoms with Gasteiger partial charge >= 0.3 is 0 Å². The van der Waals surface area contributed by atoms with Crippen molar-refractivity contribution in [3.8, 4) is 0 Å². The first-order valence-corrected chi connectivity index (χ1v) is 7.71. The molecule has 4 rings (SSSR count). The van der Waals surface area contributed by atoms with E-state index in [2.05, 4.69) is 36.4 Å². The smallest absolute Gasteiger partial charge is 0.235 e. The van der Waals surface area contributed by atoms with E-state index >= 15 is 0 Å². The van der Waals surface area contributed by atoms with Crippen LogP contribution >= 0.6 is 0 Å². The Morgan fingerprint density at radius 2 is 1.76 bits per heavy atom. The molecular formula is C19H19NO. The summed E-state index contributed by atoms with van der Waals surface area (Å²) in [5.41, 5.74) is 3.65. The van der Waals surface area contributed by atoms with Gasteiger partial charge in [0.2, 0.25) is 5.91 Å². The summed E-state index contributed by atoms with van der Waals surface area (Å²) >= 11 is 0. The second-order valence-electron chi connectivity index (χ2n) is 6.24. The largest absolute Gasteiger partial charge is 0.336 e. The van der Waals surface area contributed by atoms with E-state index in [1.807, 2.05) is 23.1 Å². The van der Waals surface area contributed by atoms with E-state index in [4.69, 9.17) is 0 Å². The van der Waals surface area contributed by atoms with Gasteiger partial charge in [-0.3, -0.25) is 4.79 Å². The van der Waals surface area contributed by atoms with Crippen LogP contribution in [0.5, 0.6) is 0 Å². The molecule has 0 radical (unpaired) electrons. The molecule has 0 bridgehead atoms. The average Bonchev–Trinajstić information content (AvgIpc) is 2.55. The summed E-state index contributed by atoms with van der Waals surface area (Å²) in [4.78, 5) is 14.8. The van der Waals surface area contributed by atoms with Gasteiger partial charge in [-0.1, -0.05) is 54.6 Å². The second kappa shape index (κ2) is 4.73. The van der Waals surface area contributed by atoms with Crippen LogP contribution in [0.15, 0.2) is 54.6 Å². The molecule has 2 aliphatic rings. The Morgan fingerprint density at radius 1 is 1.00 bits per heavy atom. The summed E-state index contributed by atoms with van der Waals surface area (Å²) in [6, 6.07) is 18.8. The van der Waals surface area contributed by atoms with E-state index in [0.717, 1.165) is 32.4 Å². The lowest BCUT2D eigenvalue weighted by Crippen LogP contribution is -2.64. The number of amides is 1. The molecule has 1 fully saturated rings. The molecule has 1 amide bonds. The minimum absolute atomic E-state index is 0.219. The SMILES string of the molecule is O=C1N(Cc2ccccc2)CC12CCCc1ccccc12. The molecule has 1 aliphatic heterocycles. The van der Waals surface area contributed by atoms with Crippen molar-refractivity contribution >= 4 is 5.91 Å². The number of hydrogen-bond acceptors (Lipinski definition) is 1. The quantitative estimate of drug-likeness (QED) is 0.771. The number of benzene rings is 2. The third-order valence-electron chi connectivity index (χ3n) is 4.96. The molecule has 1 unspecified atom stereocenters. The number of nitrogens with zero attached hydrogens (tertiary/aromatic N) is 1. The van der Waals surface area contributed by atoms with Gasteiger partial charge < -0.3 is 4.90 Å². The lowest BCUT2D eigenvalue weighted by molar-refractivity contribution is -0.153. The van der Waals surface area contributed by atoms with E-state index < -0.39 is 0 Å². The second-order valence-corrected chi connectivity index (χ2v) is 6.24. The van der Waals surface area contributed by atoms with Gasteiger partial charge in [-0.25, -0.2) is 0 Å². The zero-order chi connectivity index (χ0) is 14.3. The third kappa shape index (κ3) is 1.90. The minimum atomic E-state index is -0.219. The summed E-state index contributed by atoms with van der Waals surface area (Å²) in [5, 5.41) is 0. The molecule has 1 heterocycles. The molecule has 1 atom stereocenters. The summed E-state index contributed by atoms with van der Waals surface area (Å²) in [6.45, 7) is 1.61. The number of fused-ring (bicyclic) bond motifs is 2. The Morgan fingerprint density at radius 3 is 2.57 bits per heavy atom. The lowest BCUT2D eigenvalue weighted by atomic mass is 9.64. The van der Waals surface area contributed by atoms with Crippen molar-refractivity contribution in [2.24, 2.45) is 0 Å². The molecule has 106 valence electrons. The molecule has 2 heteroatoms. The Kier molecular flexibility index (Phi) is 2.85. The van der Waals surface area contributed by atoms with E-state index in [1.165, 1.54) is 16.7 Å². The van der Waals surface area contributed by atoms with Crippen molar-refractivity contribution in [2.45, 2.75) is 31.2 Å². The Hall–Kier alpha value is -2.09. The monoisotopic (exact) mass is 277 g/mol. The highest BCUT2D eigenvalue weighted by atomic mass is 16.2. The van der Waals surface area contributed by atoms with Gasteiger partial charge in [0.15, 0.2) is 0 Å². The lowest BCUT2D eigenvalue weighted by Gasteiger charge is -2.51. The van der Waals surface area contributed by atoms with Crippen molar-refractivity contribution in [1.82, 2.24) is 4.90 Å². The number of aryl methyl sites for hydroxylation is 1. The van der Waals surface area contributed by atoms with Crippen LogP contribution in [0.3, 0.4) is 0 Å². The van der Waals surface area contributed by atoms with Gasteiger partial charge in [-0.15, -0.1) is 0 Å². The highest BCUT2D eigenvalue weighted by molar-refractivity contribution is 5.95. The molecule has 21 heavy (non-hydrogen) atoms. The summed E-state index contributed by atoms with van der Waals surface area (Å²) in [7, 11) is 0.